The molecule has 1 aliphatic heterocycles. The van der Waals surface area contributed by atoms with Crippen LogP contribution in [-0.4, -0.2) is 58.3 Å². The largest absolute Gasteiger partial charge is 0.360 e. The fourth-order valence-electron chi connectivity index (χ4n) is 3.51. The quantitative estimate of drug-likeness (QED) is 0.501. The fraction of sp³-hybridized carbons (Fsp3) is 0.381. The molecule has 0 saturated carbocycles. The average Bonchev–Trinajstić information content (AvgIpc) is 3.46. The first kappa shape index (κ1) is 19.4. The highest BCUT2D eigenvalue weighted by Crippen LogP contribution is 2.22. The predicted octanol–water partition coefficient (Wildman–Crippen LogP) is 2.68. The summed E-state index contributed by atoms with van der Waals surface area (Å²) in [7, 11) is 0. The smallest absolute Gasteiger partial charge is 0.194 e. The van der Waals surface area contributed by atoms with E-state index in [9.17, 15) is 0 Å². The SMILES string of the molecule is CCNC(=NCc1cccc(Cn2cncn2)c1)N1CCN(c2cccs2)CC1. The molecule has 0 aliphatic carbocycles. The summed E-state index contributed by atoms with van der Waals surface area (Å²) in [5.41, 5.74) is 2.41. The zero-order valence-corrected chi connectivity index (χ0v) is 17.6. The van der Waals surface area contributed by atoms with Crippen LogP contribution in [0.2, 0.25) is 0 Å². The summed E-state index contributed by atoms with van der Waals surface area (Å²) >= 11 is 1.81. The molecule has 0 bridgehead atoms. The summed E-state index contributed by atoms with van der Waals surface area (Å²) < 4.78 is 1.83. The van der Waals surface area contributed by atoms with Crippen LogP contribution in [0.3, 0.4) is 0 Å². The Hall–Kier alpha value is -2.87. The lowest BCUT2D eigenvalue weighted by molar-refractivity contribution is 0.373. The normalized spacial score (nSPS) is 15.0. The molecule has 7 nitrogen and oxygen atoms in total. The van der Waals surface area contributed by atoms with Gasteiger partial charge in [-0.05, 0) is 35.6 Å². The van der Waals surface area contributed by atoms with Crippen LogP contribution in [0, 0.1) is 0 Å². The minimum absolute atomic E-state index is 0.665. The van der Waals surface area contributed by atoms with E-state index in [0.717, 1.165) is 45.2 Å². The third-order valence-corrected chi connectivity index (χ3v) is 5.87. The topological polar surface area (TPSA) is 61.6 Å². The molecular weight excluding hydrogens is 382 g/mol. The number of piperazine rings is 1. The Morgan fingerprint density at radius 3 is 2.72 bits per heavy atom. The van der Waals surface area contributed by atoms with Gasteiger partial charge in [-0.25, -0.2) is 14.7 Å². The molecule has 2 aromatic heterocycles. The molecule has 0 atom stereocenters. The van der Waals surface area contributed by atoms with E-state index in [1.54, 1.807) is 12.7 Å². The van der Waals surface area contributed by atoms with Crippen molar-refractivity contribution in [2.75, 3.05) is 37.6 Å². The van der Waals surface area contributed by atoms with Gasteiger partial charge in [0, 0.05) is 32.7 Å². The Morgan fingerprint density at radius 1 is 1.14 bits per heavy atom. The number of benzene rings is 1. The van der Waals surface area contributed by atoms with Crippen LogP contribution in [0.5, 0.6) is 0 Å². The van der Waals surface area contributed by atoms with Gasteiger partial charge in [-0.3, -0.25) is 0 Å². The van der Waals surface area contributed by atoms with Crippen LogP contribution < -0.4 is 10.2 Å². The molecule has 1 aromatic carbocycles. The van der Waals surface area contributed by atoms with E-state index in [4.69, 9.17) is 4.99 Å². The number of aromatic nitrogens is 3. The molecule has 1 N–H and O–H groups in total. The van der Waals surface area contributed by atoms with Gasteiger partial charge in [-0.1, -0.05) is 24.3 Å². The molecule has 3 heterocycles. The van der Waals surface area contributed by atoms with Crippen LogP contribution in [-0.2, 0) is 13.1 Å². The highest BCUT2D eigenvalue weighted by Gasteiger charge is 2.20. The maximum Gasteiger partial charge on any atom is 0.194 e. The molecule has 0 unspecified atom stereocenters. The monoisotopic (exact) mass is 409 g/mol. The van der Waals surface area contributed by atoms with Crippen molar-refractivity contribution >= 4 is 22.3 Å². The Morgan fingerprint density at radius 2 is 2.00 bits per heavy atom. The van der Waals surface area contributed by atoms with E-state index in [0.29, 0.717) is 6.54 Å². The Kier molecular flexibility index (Phi) is 6.41. The van der Waals surface area contributed by atoms with E-state index in [1.165, 1.54) is 16.1 Å². The van der Waals surface area contributed by atoms with Gasteiger partial charge in [0.2, 0.25) is 0 Å². The number of aliphatic imine (C=N–C) groups is 1. The number of hydrogen-bond donors (Lipinski definition) is 1. The van der Waals surface area contributed by atoms with Crippen molar-refractivity contribution in [2.24, 2.45) is 4.99 Å². The lowest BCUT2D eigenvalue weighted by atomic mass is 10.1. The standard InChI is InChI=1S/C21H27N7S/c1-2-23-21(27-10-8-26(9-11-27)20-7-4-12-29-20)24-14-18-5-3-6-19(13-18)15-28-17-22-16-25-28/h3-7,12-13,16-17H,2,8-11,14-15H2,1H3,(H,23,24). The summed E-state index contributed by atoms with van der Waals surface area (Å²) in [6.07, 6.45) is 3.30. The van der Waals surface area contributed by atoms with Crippen molar-refractivity contribution in [1.29, 1.82) is 0 Å². The van der Waals surface area contributed by atoms with Crippen LogP contribution in [0.15, 0.2) is 59.4 Å². The molecule has 0 spiro atoms. The van der Waals surface area contributed by atoms with Crippen molar-refractivity contribution in [3.63, 3.8) is 0 Å². The highest BCUT2D eigenvalue weighted by atomic mass is 32.1. The first-order chi connectivity index (χ1) is 14.3. The average molecular weight is 410 g/mol. The van der Waals surface area contributed by atoms with Gasteiger partial charge in [-0.2, -0.15) is 5.10 Å². The summed E-state index contributed by atoms with van der Waals surface area (Å²) in [6.45, 7) is 8.40. The van der Waals surface area contributed by atoms with Crippen molar-refractivity contribution in [3.05, 3.63) is 65.6 Å². The second-order valence-electron chi connectivity index (χ2n) is 7.01. The number of nitrogens with one attached hydrogen (secondary N) is 1. The molecule has 0 amide bonds. The molecule has 0 radical (unpaired) electrons. The maximum atomic E-state index is 4.91. The lowest BCUT2D eigenvalue weighted by Gasteiger charge is -2.37. The summed E-state index contributed by atoms with van der Waals surface area (Å²) in [4.78, 5) is 13.7. The van der Waals surface area contributed by atoms with E-state index in [-0.39, 0.29) is 0 Å². The van der Waals surface area contributed by atoms with Gasteiger partial charge in [-0.15, -0.1) is 11.3 Å². The third-order valence-electron chi connectivity index (χ3n) is 4.95. The molecular formula is C21H27N7S. The van der Waals surface area contributed by atoms with Crippen molar-refractivity contribution < 1.29 is 0 Å². The van der Waals surface area contributed by atoms with Gasteiger partial charge in [0.05, 0.1) is 18.1 Å². The third kappa shape index (κ3) is 5.14. The van der Waals surface area contributed by atoms with E-state index in [1.807, 2.05) is 16.0 Å². The molecule has 4 rings (SSSR count). The maximum absolute atomic E-state index is 4.91. The lowest BCUT2D eigenvalue weighted by Crippen LogP contribution is -2.52. The number of nitrogens with zero attached hydrogens (tertiary/aromatic N) is 6. The van der Waals surface area contributed by atoms with Crippen LogP contribution in [0.25, 0.3) is 0 Å². The van der Waals surface area contributed by atoms with Gasteiger partial charge < -0.3 is 15.1 Å². The predicted molar refractivity (Wildman–Crippen MR) is 118 cm³/mol. The van der Waals surface area contributed by atoms with Crippen molar-refractivity contribution in [1.82, 2.24) is 25.0 Å². The van der Waals surface area contributed by atoms with Crippen LogP contribution >= 0.6 is 11.3 Å². The van der Waals surface area contributed by atoms with Gasteiger partial charge in [0.25, 0.3) is 0 Å². The zero-order valence-electron chi connectivity index (χ0n) is 16.7. The summed E-state index contributed by atoms with van der Waals surface area (Å²) in [5.74, 6) is 1.00. The number of hydrogen-bond acceptors (Lipinski definition) is 5. The highest BCUT2D eigenvalue weighted by molar-refractivity contribution is 7.14. The first-order valence-electron chi connectivity index (χ1n) is 10.0. The Balaban J connectivity index is 1.38. The van der Waals surface area contributed by atoms with Crippen LogP contribution in [0.4, 0.5) is 5.00 Å². The fourth-order valence-corrected chi connectivity index (χ4v) is 4.29. The molecule has 1 fully saturated rings. The zero-order chi connectivity index (χ0) is 19.9. The van der Waals surface area contributed by atoms with Crippen molar-refractivity contribution in [3.8, 4) is 0 Å². The Labute approximate surface area is 175 Å². The number of guanidine groups is 1. The van der Waals surface area contributed by atoms with E-state index in [2.05, 4.69) is 73.9 Å². The number of thiophene rings is 1. The molecule has 8 heteroatoms. The molecule has 1 aliphatic rings. The minimum atomic E-state index is 0.665. The second kappa shape index (κ2) is 9.56. The number of anilines is 1. The van der Waals surface area contributed by atoms with Crippen LogP contribution in [0.1, 0.15) is 18.1 Å². The summed E-state index contributed by atoms with van der Waals surface area (Å²) in [5, 5.41) is 11.1. The van der Waals surface area contributed by atoms with Crippen molar-refractivity contribution in [2.45, 2.75) is 20.0 Å². The Bertz CT molecular complexity index is 897. The van der Waals surface area contributed by atoms with Gasteiger partial charge in [0.15, 0.2) is 5.96 Å². The van der Waals surface area contributed by atoms with E-state index < -0.39 is 0 Å². The molecule has 1 saturated heterocycles. The molecule has 29 heavy (non-hydrogen) atoms. The summed E-state index contributed by atoms with van der Waals surface area (Å²) in [6, 6.07) is 12.9. The second-order valence-corrected chi connectivity index (χ2v) is 7.93. The first-order valence-corrected chi connectivity index (χ1v) is 10.9. The van der Waals surface area contributed by atoms with Gasteiger partial charge >= 0.3 is 0 Å². The van der Waals surface area contributed by atoms with E-state index >= 15 is 0 Å². The minimum Gasteiger partial charge on any atom is -0.360 e. The molecule has 3 aromatic rings. The molecule has 152 valence electrons. The number of rotatable bonds is 6. The van der Waals surface area contributed by atoms with Gasteiger partial charge in [0.1, 0.15) is 12.7 Å².